The molecule has 2 aromatic carbocycles. The molecule has 8 nitrogen and oxygen atoms in total. The molecular weight excluding hydrogens is 372 g/mol. The molecule has 1 saturated heterocycles. The van der Waals surface area contributed by atoms with Crippen LogP contribution in [0.2, 0.25) is 0 Å². The lowest BCUT2D eigenvalue weighted by Crippen LogP contribution is -2.36. The van der Waals surface area contributed by atoms with Crippen molar-refractivity contribution in [2.75, 3.05) is 20.1 Å². The predicted octanol–water partition coefficient (Wildman–Crippen LogP) is 3.44. The molecule has 0 aliphatic carbocycles. The summed E-state index contributed by atoms with van der Waals surface area (Å²) >= 11 is 0. The van der Waals surface area contributed by atoms with Gasteiger partial charge in [0.25, 0.3) is 11.2 Å². The third kappa shape index (κ3) is 4.27. The summed E-state index contributed by atoms with van der Waals surface area (Å²) < 4.78 is 7.46. The Hall–Kier alpha value is -3.26. The number of hydrogen-bond acceptors (Lipinski definition) is 6. The molecular formula is C21H22N4O4. The Balaban J connectivity index is 1.58. The highest BCUT2D eigenvalue weighted by atomic mass is 16.6. The third-order valence-electron chi connectivity index (χ3n) is 5.26. The largest absolute Gasteiger partial charge is 0.457 e. The molecule has 150 valence electrons. The van der Waals surface area contributed by atoms with E-state index in [1.54, 1.807) is 29.1 Å². The fourth-order valence-electron chi connectivity index (χ4n) is 3.80. The fourth-order valence-corrected chi connectivity index (χ4v) is 3.80. The van der Waals surface area contributed by atoms with Crippen molar-refractivity contribution >= 4 is 16.6 Å². The van der Waals surface area contributed by atoms with Gasteiger partial charge in [-0.2, -0.15) is 0 Å². The van der Waals surface area contributed by atoms with Gasteiger partial charge in [0.15, 0.2) is 0 Å². The van der Waals surface area contributed by atoms with Crippen LogP contribution in [0, 0.1) is 16.0 Å². The normalized spacial score (nSPS) is 17.3. The van der Waals surface area contributed by atoms with E-state index in [1.807, 2.05) is 0 Å². The molecule has 1 fully saturated rings. The number of nitro groups is 1. The second-order valence-corrected chi connectivity index (χ2v) is 7.50. The van der Waals surface area contributed by atoms with Gasteiger partial charge in [0.1, 0.15) is 11.5 Å². The average molecular weight is 394 g/mol. The van der Waals surface area contributed by atoms with Crippen LogP contribution in [-0.2, 0) is 6.54 Å². The van der Waals surface area contributed by atoms with E-state index in [4.69, 9.17) is 4.74 Å². The number of hydrogen-bond donors (Lipinski definition) is 0. The molecule has 4 rings (SSSR count). The van der Waals surface area contributed by atoms with Crippen LogP contribution in [0.1, 0.15) is 12.8 Å². The summed E-state index contributed by atoms with van der Waals surface area (Å²) in [5.41, 5.74) is 0.525. The number of piperidine rings is 1. The minimum atomic E-state index is -0.460. The molecule has 1 aliphatic rings. The van der Waals surface area contributed by atoms with Gasteiger partial charge in [0.05, 0.1) is 22.2 Å². The standard InChI is InChI=1S/C21H22N4O4/c1-23-10-2-3-15(12-23)13-24-14-22-20-9-8-18(11-19(20)21(24)26)29-17-6-4-16(5-7-17)25(27)28/h4-9,11,14-15H,2-3,10,12-13H2,1H3/t15-/m1/s1. The summed E-state index contributed by atoms with van der Waals surface area (Å²) in [4.78, 5) is 30.0. The van der Waals surface area contributed by atoms with Gasteiger partial charge in [-0.3, -0.25) is 19.5 Å². The van der Waals surface area contributed by atoms with Crippen molar-refractivity contribution in [1.82, 2.24) is 14.5 Å². The smallest absolute Gasteiger partial charge is 0.269 e. The summed E-state index contributed by atoms with van der Waals surface area (Å²) in [5.74, 6) is 1.38. The molecule has 3 aromatic rings. The van der Waals surface area contributed by atoms with Crippen molar-refractivity contribution in [2.24, 2.45) is 5.92 Å². The van der Waals surface area contributed by atoms with Crippen LogP contribution in [0.15, 0.2) is 53.6 Å². The highest BCUT2D eigenvalue weighted by molar-refractivity contribution is 5.79. The number of likely N-dealkylation sites (tertiary alicyclic amines) is 1. The van der Waals surface area contributed by atoms with Gasteiger partial charge in [0.2, 0.25) is 0 Å². The first-order valence-corrected chi connectivity index (χ1v) is 9.59. The summed E-state index contributed by atoms with van der Waals surface area (Å²) in [6, 6.07) is 11.0. The number of ether oxygens (including phenoxy) is 1. The van der Waals surface area contributed by atoms with Gasteiger partial charge in [0, 0.05) is 25.2 Å². The summed E-state index contributed by atoms with van der Waals surface area (Å²) in [7, 11) is 2.11. The van der Waals surface area contributed by atoms with Crippen LogP contribution in [0.3, 0.4) is 0 Å². The number of aromatic nitrogens is 2. The molecule has 0 radical (unpaired) electrons. The van der Waals surface area contributed by atoms with E-state index in [2.05, 4.69) is 16.9 Å². The number of nitrogens with zero attached hydrogens (tertiary/aromatic N) is 4. The third-order valence-corrected chi connectivity index (χ3v) is 5.26. The monoisotopic (exact) mass is 394 g/mol. The van der Waals surface area contributed by atoms with Crippen LogP contribution in [0.4, 0.5) is 5.69 Å². The van der Waals surface area contributed by atoms with Crippen molar-refractivity contribution in [1.29, 1.82) is 0 Å². The Kier molecular flexibility index (Phi) is 5.26. The van der Waals surface area contributed by atoms with Crippen LogP contribution in [-0.4, -0.2) is 39.5 Å². The van der Waals surface area contributed by atoms with Crippen LogP contribution >= 0.6 is 0 Å². The van der Waals surface area contributed by atoms with E-state index in [-0.39, 0.29) is 11.2 Å². The number of fused-ring (bicyclic) bond motifs is 1. The maximum atomic E-state index is 13.0. The fraction of sp³-hybridized carbons (Fsp3) is 0.333. The Morgan fingerprint density at radius 2 is 1.97 bits per heavy atom. The zero-order valence-corrected chi connectivity index (χ0v) is 16.2. The zero-order chi connectivity index (χ0) is 20.4. The molecule has 0 amide bonds. The lowest BCUT2D eigenvalue weighted by atomic mass is 9.98. The molecule has 0 saturated carbocycles. The Morgan fingerprint density at radius 1 is 1.21 bits per heavy atom. The quantitative estimate of drug-likeness (QED) is 0.486. The van der Waals surface area contributed by atoms with E-state index in [0.29, 0.717) is 34.9 Å². The summed E-state index contributed by atoms with van der Waals surface area (Å²) in [6.07, 6.45) is 3.87. The van der Waals surface area contributed by atoms with Crippen molar-refractivity contribution in [2.45, 2.75) is 19.4 Å². The molecule has 0 spiro atoms. The first-order chi connectivity index (χ1) is 14.0. The van der Waals surface area contributed by atoms with Crippen molar-refractivity contribution < 1.29 is 9.66 Å². The molecule has 29 heavy (non-hydrogen) atoms. The maximum absolute atomic E-state index is 13.0. The van der Waals surface area contributed by atoms with Gasteiger partial charge in [-0.15, -0.1) is 0 Å². The second kappa shape index (κ2) is 8.00. The summed E-state index contributed by atoms with van der Waals surface area (Å²) in [6.45, 7) is 2.73. The zero-order valence-electron chi connectivity index (χ0n) is 16.2. The number of rotatable bonds is 5. The molecule has 1 atom stereocenters. The molecule has 1 aromatic heterocycles. The number of benzene rings is 2. The molecule has 0 N–H and O–H groups in total. The summed E-state index contributed by atoms with van der Waals surface area (Å²) in [5, 5.41) is 11.3. The molecule has 1 aliphatic heterocycles. The van der Waals surface area contributed by atoms with Gasteiger partial charge < -0.3 is 9.64 Å². The van der Waals surface area contributed by atoms with Gasteiger partial charge in [-0.05, 0) is 62.7 Å². The van der Waals surface area contributed by atoms with Crippen molar-refractivity contribution in [3.8, 4) is 11.5 Å². The topological polar surface area (TPSA) is 90.5 Å². The second-order valence-electron chi connectivity index (χ2n) is 7.50. The number of non-ortho nitro benzene ring substituents is 1. The van der Waals surface area contributed by atoms with Crippen molar-refractivity contribution in [3.63, 3.8) is 0 Å². The van der Waals surface area contributed by atoms with Gasteiger partial charge in [-0.1, -0.05) is 0 Å². The average Bonchev–Trinajstić information content (AvgIpc) is 2.71. The molecule has 2 heterocycles. The van der Waals surface area contributed by atoms with Crippen LogP contribution in [0.5, 0.6) is 11.5 Å². The Morgan fingerprint density at radius 3 is 2.69 bits per heavy atom. The van der Waals surface area contributed by atoms with Crippen LogP contribution in [0.25, 0.3) is 10.9 Å². The maximum Gasteiger partial charge on any atom is 0.269 e. The first-order valence-electron chi connectivity index (χ1n) is 9.59. The van der Waals surface area contributed by atoms with E-state index in [0.717, 1.165) is 25.9 Å². The van der Waals surface area contributed by atoms with E-state index in [9.17, 15) is 14.9 Å². The van der Waals surface area contributed by atoms with Gasteiger partial charge in [-0.25, -0.2) is 4.98 Å². The molecule has 0 unspecified atom stereocenters. The highest BCUT2D eigenvalue weighted by Gasteiger charge is 2.18. The minimum absolute atomic E-state index is 0.00342. The lowest BCUT2D eigenvalue weighted by molar-refractivity contribution is -0.384. The van der Waals surface area contributed by atoms with Crippen molar-refractivity contribution in [3.05, 3.63) is 69.3 Å². The van der Waals surface area contributed by atoms with Gasteiger partial charge >= 0.3 is 0 Å². The minimum Gasteiger partial charge on any atom is -0.457 e. The Labute approximate surface area is 167 Å². The van der Waals surface area contributed by atoms with Crippen LogP contribution < -0.4 is 10.3 Å². The molecule has 8 heteroatoms. The van der Waals surface area contributed by atoms with E-state index >= 15 is 0 Å². The predicted molar refractivity (Wildman–Crippen MR) is 109 cm³/mol. The van der Waals surface area contributed by atoms with E-state index in [1.165, 1.54) is 24.3 Å². The first kappa shape index (κ1) is 19.1. The lowest BCUT2D eigenvalue weighted by Gasteiger charge is -2.29. The SMILES string of the molecule is CN1CCC[C@@H](Cn2cnc3ccc(Oc4ccc([N+](=O)[O-])cc4)cc3c2=O)C1. The van der Waals surface area contributed by atoms with E-state index < -0.39 is 4.92 Å². The molecule has 0 bridgehead atoms. The highest BCUT2D eigenvalue weighted by Crippen LogP contribution is 2.25. The number of nitro benzene ring substituents is 1. The Bertz CT molecular complexity index is 1090.